The molecule has 3 rings (SSSR count). The van der Waals surface area contributed by atoms with Gasteiger partial charge in [-0.15, -0.1) is 0 Å². The van der Waals surface area contributed by atoms with Crippen LogP contribution < -0.4 is 4.74 Å². The Bertz CT molecular complexity index is 518. The van der Waals surface area contributed by atoms with Crippen molar-refractivity contribution in [2.75, 3.05) is 6.61 Å². The molecule has 0 atom stereocenters. The first-order valence-corrected chi connectivity index (χ1v) is 7.21. The van der Waals surface area contributed by atoms with Crippen molar-refractivity contribution < 1.29 is 14.6 Å². The summed E-state index contributed by atoms with van der Waals surface area (Å²) in [4.78, 5) is 11.9. The van der Waals surface area contributed by atoms with Gasteiger partial charge in [-0.05, 0) is 30.5 Å². The number of benzene rings is 1. The molecular formula is C15H17ClO3. The van der Waals surface area contributed by atoms with E-state index in [2.05, 4.69) is 0 Å². The zero-order chi connectivity index (χ0) is 13.5. The summed E-state index contributed by atoms with van der Waals surface area (Å²) in [6, 6.07) is 3.63. The average Bonchev–Trinajstić information content (AvgIpc) is 2.87. The maximum absolute atomic E-state index is 11.9. The van der Waals surface area contributed by atoms with E-state index in [0.717, 1.165) is 42.6 Å². The van der Waals surface area contributed by atoms with Crippen molar-refractivity contribution in [3.05, 3.63) is 28.3 Å². The molecule has 0 bridgehead atoms. The van der Waals surface area contributed by atoms with Gasteiger partial charge < -0.3 is 9.84 Å². The van der Waals surface area contributed by atoms with E-state index in [0.29, 0.717) is 24.5 Å². The van der Waals surface area contributed by atoms with Crippen molar-refractivity contribution in [3.8, 4) is 5.75 Å². The first-order valence-electron chi connectivity index (χ1n) is 6.83. The van der Waals surface area contributed by atoms with E-state index in [1.165, 1.54) is 0 Å². The Morgan fingerprint density at radius 1 is 1.26 bits per heavy atom. The van der Waals surface area contributed by atoms with Gasteiger partial charge in [-0.3, -0.25) is 4.79 Å². The fraction of sp³-hybridized carbons (Fsp3) is 0.533. The third-order valence-electron chi connectivity index (χ3n) is 4.42. The highest BCUT2D eigenvalue weighted by Crippen LogP contribution is 2.47. The molecule has 0 amide bonds. The Hall–Kier alpha value is -1.22. The molecule has 3 nitrogen and oxygen atoms in total. The normalized spacial score (nSPS) is 20.7. The Morgan fingerprint density at radius 3 is 2.68 bits per heavy atom. The summed E-state index contributed by atoms with van der Waals surface area (Å²) in [6.07, 6.45) is 5.13. The van der Waals surface area contributed by atoms with Gasteiger partial charge in [0, 0.05) is 17.0 Å². The highest BCUT2D eigenvalue weighted by molar-refractivity contribution is 6.32. The lowest BCUT2D eigenvalue weighted by Crippen LogP contribution is -2.39. The first kappa shape index (κ1) is 12.8. The topological polar surface area (TPSA) is 46.5 Å². The largest absolute Gasteiger partial charge is 0.493 e. The second kappa shape index (κ2) is 4.71. The van der Waals surface area contributed by atoms with E-state index < -0.39 is 11.4 Å². The van der Waals surface area contributed by atoms with E-state index in [1.54, 1.807) is 6.07 Å². The van der Waals surface area contributed by atoms with Gasteiger partial charge in [0.05, 0.1) is 12.0 Å². The smallest absolute Gasteiger partial charge is 0.314 e. The van der Waals surface area contributed by atoms with Crippen molar-refractivity contribution in [1.82, 2.24) is 0 Å². The number of hydrogen-bond donors (Lipinski definition) is 1. The van der Waals surface area contributed by atoms with E-state index in [-0.39, 0.29) is 0 Å². The molecule has 4 heteroatoms. The molecule has 1 fully saturated rings. The fourth-order valence-electron chi connectivity index (χ4n) is 3.49. The van der Waals surface area contributed by atoms with E-state index >= 15 is 0 Å². The maximum atomic E-state index is 11.9. The minimum atomic E-state index is -0.811. The van der Waals surface area contributed by atoms with Crippen LogP contribution in [-0.4, -0.2) is 17.7 Å². The van der Waals surface area contributed by atoms with E-state index in [4.69, 9.17) is 16.3 Å². The van der Waals surface area contributed by atoms with Gasteiger partial charge >= 0.3 is 5.97 Å². The molecule has 2 aliphatic rings. The molecular weight excluding hydrogens is 264 g/mol. The van der Waals surface area contributed by atoms with Gasteiger partial charge in [0.25, 0.3) is 0 Å². The summed E-state index contributed by atoms with van der Waals surface area (Å²) < 4.78 is 5.56. The van der Waals surface area contributed by atoms with Gasteiger partial charge in [0.2, 0.25) is 0 Å². The minimum Gasteiger partial charge on any atom is -0.493 e. The SMILES string of the molecule is O=C(O)C1(c2c(Cl)ccc3c2CCO3)CCCCC1. The highest BCUT2D eigenvalue weighted by Gasteiger charge is 2.45. The summed E-state index contributed by atoms with van der Waals surface area (Å²) in [5, 5.41) is 10.4. The number of hydrogen-bond acceptors (Lipinski definition) is 2. The second-order valence-corrected chi connectivity index (χ2v) is 5.85. The van der Waals surface area contributed by atoms with Crippen molar-refractivity contribution in [2.45, 2.75) is 43.9 Å². The second-order valence-electron chi connectivity index (χ2n) is 5.45. The lowest BCUT2D eigenvalue weighted by molar-refractivity contribution is -0.145. The Labute approximate surface area is 117 Å². The molecule has 102 valence electrons. The predicted octanol–water partition coefficient (Wildman–Crippen LogP) is 3.56. The van der Waals surface area contributed by atoms with Crippen LogP contribution in [0.4, 0.5) is 0 Å². The molecule has 0 saturated heterocycles. The molecule has 0 radical (unpaired) electrons. The molecule has 1 aromatic rings. The Morgan fingerprint density at radius 2 is 2.00 bits per heavy atom. The lowest BCUT2D eigenvalue weighted by Gasteiger charge is -2.35. The molecule has 19 heavy (non-hydrogen) atoms. The molecule has 0 unspecified atom stereocenters. The minimum absolute atomic E-state index is 0.577. The van der Waals surface area contributed by atoms with Gasteiger partial charge in [-0.2, -0.15) is 0 Å². The number of carboxylic acid groups (broad SMARTS) is 1. The van der Waals surface area contributed by atoms with Crippen LogP contribution in [0, 0.1) is 0 Å². The first-order chi connectivity index (χ1) is 9.15. The molecule has 1 saturated carbocycles. The van der Waals surface area contributed by atoms with Crippen LogP contribution >= 0.6 is 11.6 Å². The summed E-state index contributed by atoms with van der Waals surface area (Å²) in [6.45, 7) is 0.623. The molecule has 1 N–H and O–H groups in total. The number of fused-ring (bicyclic) bond motifs is 1. The lowest BCUT2D eigenvalue weighted by atomic mass is 9.68. The number of aliphatic carboxylic acids is 1. The number of ether oxygens (including phenoxy) is 1. The Kier molecular flexibility index (Phi) is 3.17. The maximum Gasteiger partial charge on any atom is 0.314 e. The van der Waals surface area contributed by atoms with Crippen molar-refractivity contribution in [3.63, 3.8) is 0 Å². The van der Waals surface area contributed by atoms with Gasteiger partial charge in [0.15, 0.2) is 0 Å². The number of carboxylic acids is 1. The summed E-state index contributed by atoms with van der Waals surface area (Å²) in [7, 11) is 0. The van der Waals surface area contributed by atoms with Crippen LogP contribution in [-0.2, 0) is 16.6 Å². The summed E-state index contributed by atoms with van der Waals surface area (Å²) in [5.41, 5.74) is 1.02. The molecule has 1 aliphatic carbocycles. The molecule has 0 spiro atoms. The predicted molar refractivity (Wildman–Crippen MR) is 73.0 cm³/mol. The molecule has 0 aromatic heterocycles. The third kappa shape index (κ3) is 1.91. The number of carbonyl (C=O) groups is 1. The Balaban J connectivity index is 2.18. The van der Waals surface area contributed by atoms with Gasteiger partial charge in [-0.25, -0.2) is 0 Å². The van der Waals surface area contributed by atoms with Crippen LogP contribution in [0.15, 0.2) is 12.1 Å². The standard InChI is InChI=1S/C15H17ClO3/c16-11-4-5-12-10(6-9-19-12)13(11)15(14(17)18)7-2-1-3-8-15/h4-5H,1-3,6-9H2,(H,17,18). The highest BCUT2D eigenvalue weighted by atomic mass is 35.5. The van der Waals surface area contributed by atoms with Gasteiger partial charge in [0.1, 0.15) is 5.75 Å². The summed E-state index contributed by atoms with van der Waals surface area (Å²) >= 11 is 6.36. The van der Waals surface area contributed by atoms with Crippen molar-refractivity contribution in [1.29, 1.82) is 0 Å². The van der Waals surface area contributed by atoms with E-state index in [9.17, 15) is 9.90 Å². The zero-order valence-electron chi connectivity index (χ0n) is 10.7. The van der Waals surface area contributed by atoms with Crippen LogP contribution in [0.5, 0.6) is 5.75 Å². The number of rotatable bonds is 2. The number of halogens is 1. The quantitative estimate of drug-likeness (QED) is 0.901. The van der Waals surface area contributed by atoms with Crippen molar-refractivity contribution >= 4 is 17.6 Å². The molecule has 1 aromatic carbocycles. The molecule has 1 heterocycles. The third-order valence-corrected chi connectivity index (χ3v) is 4.74. The average molecular weight is 281 g/mol. The molecule has 1 aliphatic heterocycles. The van der Waals surface area contributed by atoms with Crippen LogP contribution in [0.3, 0.4) is 0 Å². The van der Waals surface area contributed by atoms with E-state index in [1.807, 2.05) is 6.07 Å². The van der Waals surface area contributed by atoms with Crippen LogP contribution in [0.2, 0.25) is 5.02 Å². The summed E-state index contributed by atoms with van der Waals surface area (Å²) in [5.74, 6) is 0.0694. The monoisotopic (exact) mass is 280 g/mol. The van der Waals surface area contributed by atoms with Crippen molar-refractivity contribution in [2.24, 2.45) is 0 Å². The zero-order valence-corrected chi connectivity index (χ0v) is 11.5. The fourth-order valence-corrected chi connectivity index (χ4v) is 3.85. The van der Waals surface area contributed by atoms with Crippen LogP contribution in [0.25, 0.3) is 0 Å². The van der Waals surface area contributed by atoms with Gasteiger partial charge in [-0.1, -0.05) is 30.9 Å². The van der Waals surface area contributed by atoms with Crippen LogP contribution in [0.1, 0.15) is 43.2 Å².